The molecule has 2 atom stereocenters. The van der Waals surface area contributed by atoms with Crippen LogP contribution in [0.15, 0.2) is 48.5 Å². The number of alkyl carbamates (subject to hydrolysis) is 1. The van der Waals surface area contributed by atoms with Gasteiger partial charge in [0.25, 0.3) is 11.8 Å². The van der Waals surface area contributed by atoms with Gasteiger partial charge in [0, 0.05) is 35.2 Å². The summed E-state index contributed by atoms with van der Waals surface area (Å²) in [6, 6.07) is 7.81. The van der Waals surface area contributed by atoms with Crippen molar-refractivity contribution in [2.75, 3.05) is 11.5 Å². The van der Waals surface area contributed by atoms with E-state index in [-0.39, 0.29) is 22.9 Å². The van der Waals surface area contributed by atoms with Gasteiger partial charge in [0.2, 0.25) is 5.91 Å². The number of carbonyl (C=O) groups excluding carboxylic acids is 3. The fraction of sp³-hybridized carbons (Fsp3) is 0.318. The molecule has 11 heteroatoms. The third-order valence-corrected chi connectivity index (χ3v) is 5.78. The van der Waals surface area contributed by atoms with E-state index in [9.17, 15) is 27.6 Å². The molecule has 3 amide bonds. The van der Waals surface area contributed by atoms with E-state index in [0.29, 0.717) is 0 Å². The first kappa shape index (κ1) is 22.9. The van der Waals surface area contributed by atoms with Crippen molar-refractivity contribution in [2.45, 2.75) is 36.9 Å². The van der Waals surface area contributed by atoms with Crippen LogP contribution in [-0.4, -0.2) is 42.5 Å². The molecular formula is C22H19ClF3N3O4. The molecule has 1 heterocycles. The van der Waals surface area contributed by atoms with Gasteiger partial charge in [-0.15, -0.1) is 0 Å². The number of ether oxygens (including phenoxy) is 1. The van der Waals surface area contributed by atoms with Gasteiger partial charge in [0.15, 0.2) is 0 Å². The molecule has 1 saturated carbocycles. The smallest absolute Gasteiger partial charge is 0.407 e. The Bertz CT molecular complexity index is 1090. The monoisotopic (exact) mass is 481 g/mol. The predicted molar refractivity (Wildman–Crippen MR) is 112 cm³/mol. The van der Waals surface area contributed by atoms with Crippen molar-refractivity contribution in [3.05, 3.63) is 64.9 Å². The van der Waals surface area contributed by atoms with E-state index in [1.165, 1.54) is 24.3 Å². The predicted octanol–water partition coefficient (Wildman–Crippen LogP) is 3.58. The van der Waals surface area contributed by atoms with E-state index in [1.807, 2.05) is 0 Å². The first-order valence-corrected chi connectivity index (χ1v) is 10.5. The Hall–Kier alpha value is -3.27. The van der Waals surface area contributed by atoms with Crippen molar-refractivity contribution in [1.29, 1.82) is 0 Å². The number of hydrogen-bond acceptors (Lipinski definition) is 4. The molecule has 0 spiro atoms. The largest absolute Gasteiger partial charge is 0.447 e. The van der Waals surface area contributed by atoms with Crippen molar-refractivity contribution in [2.24, 2.45) is 0 Å². The van der Waals surface area contributed by atoms with Gasteiger partial charge in [0.05, 0.1) is 0 Å². The number of anilines is 1. The Morgan fingerprint density at radius 1 is 1.18 bits per heavy atom. The van der Waals surface area contributed by atoms with Gasteiger partial charge in [-0.3, -0.25) is 14.5 Å². The maximum Gasteiger partial charge on any atom is 0.407 e. The maximum atomic E-state index is 14.1. The SMILES string of the molecule is O=C1NC(C(=O)N(c2cccc(F)c2)C(C(=O)NC2CC(F)(F)C2)c2ccccc2Cl)CO1. The highest BCUT2D eigenvalue weighted by Gasteiger charge is 2.47. The van der Waals surface area contributed by atoms with E-state index in [1.54, 1.807) is 12.1 Å². The number of benzene rings is 2. The van der Waals surface area contributed by atoms with E-state index in [2.05, 4.69) is 10.6 Å². The average molecular weight is 482 g/mol. The standard InChI is InChI=1S/C22H19ClF3N3O4/c23-16-7-2-1-6-15(16)18(19(30)27-13-9-22(25,26)10-13)29(14-5-3-4-12(24)8-14)20(31)17-11-33-21(32)28-17/h1-8,13,17-18H,9-11H2,(H,27,30)(H,28,32). The van der Waals surface area contributed by atoms with E-state index >= 15 is 0 Å². The molecule has 1 saturated heterocycles. The van der Waals surface area contributed by atoms with E-state index < -0.39 is 60.6 Å². The minimum atomic E-state index is -2.87. The van der Waals surface area contributed by atoms with Crippen LogP contribution in [0.2, 0.25) is 5.02 Å². The summed E-state index contributed by atoms with van der Waals surface area (Å²) in [5.41, 5.74) is 0.214. The topological polar surface area (TPSA) is 87.7 Å². The maximum absolute atomic E-state index is 14.1. The molecule has 174 valence electrons. The first-order chi connectivity index (χ1) is 15.6. The zero-order chi connectivity index (χ0) is 23.8. The number of nitrogens with one attached hydrogen (secondary N) is 2. The Morgan fingerprint density at radius 3 is 2.52 bits per heavy atom. The number of hydrogen-bond donors (Lipinski definition) is 2. The Morgan fingerprint density at radius 2 is 1.91 bits per heavy atom. The van der Waals surface area contributed by atoms with Crippen LogP contribution in [0.25, 0.3) is 0 Å². The summed E-state index contributed by atoms with van der Waals surface area (Å²) in [4.78, 5) is 39.4. The van der Waals surface area contributed by atoms with Gasteiger partial charge in [0.1, 0.15) is 24.5 Å². The number of cyclic esters (lactones) is 1. The van der Waals surface area contributed by atoms with Crippen LogP contribution < -0.4 is 15.5 Å². The second-order valence-electron chi connectivity index (χ2n) is 7.88. The molecular weight excluding hydrogens is 463 g/mol. The van der Waals surface area contributed by atoms with Crippen LogP contribution in [0.4, 0.5) is 23.7 Å². The van der Waals surface area contributed by atoms with Crippen LogP contribution in [-0.2, 0) is 14.3 Å². The zero-order valence-corrected chi connectivity index (χ0v) is 17.8. The Balaban J connectivity index is 1.77. The van der Waals surface area contributed by atoms with Crippen molar-refractivity contribution >= 4 is 35.2 Å². The average Bonchev–Trinajstić information content (AvgIpc) is 3.17. The quantitative estimate of drug-likeness (QED) is 0.660. The number of halogens is 4. The number of nitrogens with zero attached hydrogens (tertiary/aromatic N) is 1. The van der Waals surface area contributed by atoms with E-state index in [4.69, 9.17) is 16.3 Å². The number of carbonyl (C=O) groups is 3. The number of amides is 3. The summed E-state index contributed by atoms with van der Waals surface area (Å²) in [6.07, 6.45) is -1.88. The molecule has 2 aromatic carbocycles. The van der Waals surface area contributed by atoms with Gasteiger partial charge >= 0.3 is 6.09 Å². The molecule has 0 radical (unpaired) electrons. The summed E-state index contributed by atoms with van der Waals surface area (Å²) >= 11 is 6.34. The van der Waals surface area contributed by atoms with Crippen LogP contribution >= 0.6 is 11.6 Å². The highest BCUT2D eigenvalue weighted by atomic mass is 35.5. The summed E-state index contributed by atoms with van der Waals surface area (Å²) in [5, 5.41) is 5.01. The van der Waals surface area contributed by atoms with Gasteiger partial charge in [-0.25, -0.2) is 18.0 Å². The molecule has 2 aromatic rings. The lowest BCUT2D eigenvalue weighted by Crippen LogP contribution is -2.56. The lowest BCUT2D eigenvalue weighted by molar-refractivity contribution is -0.133. The molecule has 0 bridgehead atoms. The highest BCUT2D eigenvalue weighted by molar-refractivity contribution is 6.31. The minimum Gasteiger partial charge on any atom is -0.447 e. The molecule has 2 N–H and O–H groups in total. The summed E-state index contributed by atoms with van der Waals surface area (Å²) < 4.78 is 45.6. The van der Waals surface area contributed by atoms with E-state index in [0.717, 1.165) is 17.0 Å². The minimum absolute atomic E-state index is 0.0140. The van der Waals surface area contributed by atoms with Crippen LogP contribution in [0.1, 0.15) is 24.4 Å². The lowest BCUT2D eigenvalue weighted by atomic mass is 9.87. The van der Waals surface area contributed by atoms with Gasteiger partial charge in [-0.2, -0.15) is 0 Å². The zero-order valence-electron chi connectivity index (χ0n) is 17.1. The van der Waals surface area contributed by atoms with Crippen molar-refractivity contribution in [3.63, 3.8) is 0 Å². The first-order valence-electron chi connectivity index (χ1n) is 10.1. The van der Waals surface area contributed by atoms with Crippen LogP contribution in [0.3, 0.4) is 0 Å². The van der Waals surface area contributed by atoms with Gasteiger partial charge in [-0.05, 0) is 24.3 Å². The highest BCUT2D eigenvalue weighted by Crippen LogP contribution is 2.39. The van der Waals surface area contributed by atoms with Crippen molar-refractivity contribution in [3.8, 4) is 0 Å². The van der Waals surface area contributed by atoms with Crippen LogP contribution in [0.5, 0.6) is 0 Å². The molecule has 1 aliphatic carbocycles. The van der Waals surface area contributed by atoms with Gasteiger partial charge in [-0.1, -0.05) is 35.9 Å². The van der Waals surface area contributed by atoms with Crippen LogP contribution in [0, 0.1) is 5.82 Å². The molecule has 1 aliphatic heterocycles. The molecule has 7 nitrogen and oxygen atoms in total. The third kappa shape index (κ3) is 4.90. The van der Waals surface area contributed by atoms with Gasteiger partial charge < -0.3 is 15.4 Å². The van der Waals surface area contributed by atoms with Crippen molar-refractivity contribution in [1.82, 2.24) is 10.6 Å². The fourth-order valence-corrected chi connectivity index (χ4v) is 4.09. The third-order valence-electron chi connectivity index (χ3n) is 5.44. The Labute approximate surface area is 191 Å². The molecule has 2 fully saturated rings. The molecule has 4 rings (SSSR count). The summed E-state index contributed by atoms with van der Waals surface area (Å²) in [5.74, 6) is -5.08. The number of rotatable bonds is 6. The molecule has 0 aromatic heterocycles. The number of alkyl halides is 2. The lowest BCUT2D eigenvalue weighted by Gasteiger charge is -2.38. The fourth-order valence-electron chi connectivity index (χ4n) is 3.85. The normalized spacial score (nSPS) is 20.2. The molecule has 33 heavy (non-hydrogen) atoms. The molecule has 2 unspecified atom stereocenters. The van der Waals surface area contributed by atoms with Crippen molar-refractivity contribution < 1.29 is 32.3 Å². The Kier molecular flexibility index (Phi) is 6.20. The second kappa shape index (κ2) is 8.93. The summed E-state index contributed by atoms with van der Waals surface area (Å²) in [6.45, 7) is -0.296. The summed E-state index contributed by atoms with van der Waals surface area (Å²) in [7, 11) is 0. The molecule has 2 aliphatic rings. The second-order valence-corrected chi connectivity index (χ2v) is 8.28.